The zero-order valence-electron chi connectivity index (χ0n) is 12.1. The molecule has 1 aromatic heterocycles. The van der Waals surface area contributed by atoms with Gasteiger partial charge in [-0.3, -0.25) is 0 Å². The zero-order chi connectivity index (χ0) is 13.8. The van der Waals surface area contributed by atoms with Crippen LogP contribution >= 0.6 is 0 Å². The molecule has 102 valence electrons. The van der Waals surface area contributed by atoms with E-state index >= 15 is 0 Å². The van der Waals surface area contributed by atoms with Crippen LogP contribution in [0, 0.1) is 6.92 Å². The van der Waals surface area contributed by atoms with E-state index in [1.807, 2.05) is 12.1 Å². The summed E-state index contributed by atoms with van der Waals surface area (Å²) < 4.78 is 5.37. The minimum Gasteiger partial charge on any atom is -0.469 e. The van der Waals surface area contributed by atoms with E-state index in [2.05, 4.69) is 56.4 Å². The molecule has 0 saturated heterocycles. The fourth-order valence-electron chi connectivity index (χ4n) is 2.25. The van der Waals surface area contributed by atoms with Gasteiger partial charge in [-0.05, 0) is 43.7 Å². The molecule has 0 saturated carbocycles. The minimum absolute atomic E-state index is 0.337. The summed E-state index contributed by atoms with van der Waals surface area (Å²) in [6.07, 6.45) is 2.61. The summed E-state index contributed by atoms with van der Waals surface area (Å²) in [5, 5.41) is 3.52. The molecule has 1 heterocycles. The van der Waals surface area contributed by atoms with E-state index < -0.39 is 0 Å². The number of rotatable bonds is 5. The molecule has 0 radical (unpaired) electrons. The Morgan fingerprint density at radius 3 is 2.68 bits per heavy atom. The van der Waals surface area contributed by atoms with Crippen LogP contribution in [0.2, 0.25) is 0 Å². The van der Waals surface area contributed by atoms with Crippen molar-refractivity contribution in [1.29, 1.82) is 0 Å². The summed E-state index contributed by atoms with van der Waals surface area (Å²) in [4.78, 5) is 2.14. The smallest absolute Gasteiger partial charge is 0.105 e. The second-order valence-electron chi connectivity index (χ2n) is 5.22. The number of nitrogens with one attached hydrogen (secondary N) is 1. The second kappa shape index (κ2) is 5.83. The molecule has 0 bridgehead atoms. The van der Waals surface area contributed by atoms with Crippen molar-refractivity contribution in [2.24, 2.45) is 0 Å². The molecule has 0 amide bonds. The van der Waals surface area contributed by atoms with Crippen LogP contribution in [0.3, 0.4) is 0 Å². The normalized spacial score (nSPS) is 12.2. The van der Waals surface area contributed by atoms with E-state index in [0.717, 1.165) is 17.9 Å². The highest BCUT2D eigenvalue weighted by molar-refractivity contribution is 5.62. The summed E-state index contributed by atoms with van der Waals surface area (Å²) in [6, 6.07) is 10.7. The summed E-state index contributed by atoms with van der Waals surface area (Å²) >= 11 is 0. The van der Waals surface area contributed by atoms with Gasteiger partial charge in [0.15, 0.2) is 0 Å². The summed E-state index contributed by atoms with van der Waals surface area (Å²) in [5.41, 5.74) is 3.68. The van der Waals surface area contributed by atoms with Crippen molar-refractivity contribution in [2.45, 2.75) is 26.3 Å². The third-order valence-corrected chi connectivity index (χ3v) is 3.19. The van der Waals surface area contributed by atoms with Crippen LogP contribution in [0.1, 0.15) is 18.2 Å². The first-order valence-corrected chi connectivity index (χ1v) is 6.63. The van der Waals surface area contributed by atoms with Gasteiger partial charge in [-0.25, -0.2) is 0 Å². The lowest BCUT2D eigenvalue weighted by atomic mass is 10.1. The number of hydrogen-bond donors (Lipinski definition) is 1. The molecule has 1 aromatic carbocycles. The van der Waals surface area contributed by atoms with Crippen molar-refractivity contribution < 1.29 is 4.42 Å². The van der Waals surface area contributed by atoms with Gasteiger partial charge in [0.05, 0.1) is 6.26 Å². The molecule has 1 unspecified atom stereocenters. The molecule has 0 aliphatic carbocycles. The highest BCUT2D eigenvalue weighted by Crippen LogP contribution is 2.23. The summed E-state index contributed by atoms with van der Waals surface area (Å²) in [6.45, 7) is 4.29. The second-order valence-corrected chi connectivity index (χ2v) is 5.22. The van der Waals surface area contributed by atoms with Crippen molar-refractivity contribution in [3.8, 4) is 0 Å². The molecule has 0 aliphatic heterocycles. The average molecular weight is 258 g/mol. The van der Waals surface area contributed by atoms with Crippen LogP contribution in [0.4, 0.5) is 11.4 Å². The fraction of sp³-hybridized carbons (Fsp3) is 0.375. The molecule has 3 nitrogen and oxygen atoms in total. The maximum absolute atomic E-state index is 5.37. The van der Waals surface area contributed by atoms with Crippen LogP contribution in [0.15, 0.2) is 41.0 Å². The SMILES string of the molecule is Cc1ccc(NC(C)Cc2ccco2)cc1N(C)C. The van der Waals surface area contributed by atoms with Gasteiger partial charge in [0.2, 0.25) is 0 Å². The predicted molar refractivity (Wildman–Crippen MR) is 81.0 cm³/mol. The number of hydrogen-bond acceptors (Lipinski definition) is 3. The van der Waals surface area contributed by atoms with Crippen molar-refractivity contribution in [3.63, 3.8) is 0 Å². The number of nitrogens with zero attached hydrogens (tertiary/aromatic N) is 1. The quantitative estimate of drug-likeness (QED) is 0.886. The van der Waals surface area contributed by atoms with Gasteiger partial charge in [0, 0.05) is 37.9 Å². The number of furan rings is 1. The molecule has 0 aliphatic rings. The molecular formula is C16H22N2O. The Morgan fingerprint density at radius 1 is 1.26 bits per heavy atom. The fourth-order valence-corrected chi connectivity index (χ4v) is 2.25. The van der Waals surface area contributed by atoms with Gasteiger partial charge in [-0.2, -0.15) is 0 Å². The lowest BCUT2D eigenvalue weighted by Crippen LogP contribution is -2.18. The number of benzene rings is 1. The van der Waals surface area contributed by atoms with E-state index in [9.17, 15) is 0 Å². The molecule has 3 heteroatoms. The van der Waals surface area contributed by atoms with Gasteiger partial charge in [-0.1, -0.05) is 6.07 Å². The van der Waals surface area contributed by atoms with Crippen LogP contribution in [0.25, 0.3) is 0 Å². The highest BCUT2D eigenvalue weighted by atomic mass is 16.3. The van der Waals surface area contributed by atoms with Crippen molar-refractivity contribution in [2.75, 3.05) is 24.3 Å². The van der Waals surface area contributed by atoms with Crippen molar-refractivity contribution in [1.82, 2.24) is 0 Å². The Hall–Kier alpha value is -1.90. The predicted octanol–water partition coefficient (Wildman–Crippen LogP) is 3.70. The number of aryl methyl sites for hydroxylation is 1. The maximum atomic E-state index is 5.37. The standard InChI is InChI=1S/C16H22N2O/c1-12-7-8-14(11-16(12)18(3)4)17-13(2)10-15-6-5-9-19-15/h5-9,11,13,17H,10H2,1-4H3. The molecule has 1 atom stereocenters. The third-order valence-electron chi connectivity index (χ3n) is 3.19. The molecule has 2 aromatic rings. The summed E-state index contributed by atoms with van der Waals surface area (Å²) in [5.74, 6) is 1.01. The molecule has 2 rings (SSSR count). The zero-order valence-corrected chi connectivity index (χ0v) is 12.1. The molecule has 0 fully saturated rings. The van der Waals surface area contributed by atoms with E-state index in [4.69, 9.17) is 4.42 Å². The van der Waals surface area contributed by atoms with Gasteiger partial charge < -0.3 is 14.6 Å². The van der Waals surface area contributed by atoms with E-state index in [0.29, 0.717) is 6.04 Å². The highest BCUT2D eigenvalue weighted by Gasteiger charge is 2.07. The first-order valence-electron chi connectivity index (χ1n) is 6.63. The number of anilines is 2. The average Bonchev–Trinajstić information content (AvgIpc) is 2.84. The maximum Gasteiger partial charge on any atom is 0.105 e. The minimum atomic E-state index is 0.337. The van der Waals surface area contributed by atoms with Gasteiger partial charge in [0.1, 0.15) is 5.76 Å². The molecular weight excluding hydrogens is 236 g/mol. The lowest BCUT2D eigenvalue weighted by molar-refractivity contribution is 0.498. The van der Waals surface area contributed by atoms with Gasteiger partial charge in [0.25, 0.3) is 0 Å². The van der Waals surface area contributed by atoms with Crippen molar-refractivity contribution in [3.05, 3.63) is 47.9 Å². The van der Waals surface area contributed by atoms with E-state index in [-0.39, 0.29) is 0 Å². The van der Waals surface area contributed by atoms with Crippen LogP contribution in [0.5, 0.6) is 0 Å². The first-order chi connectivity index (χ1) is 9.06. The third kappa shape index (κ3) is 3.53. The first kappa shape index (κ1) is 13.5. The lowest BCUT2D eigenvalue weighted by Gasteiger charge is -2.19. The monoisotopic (exact) mass is 258 g/mol. The van der Waals surface area contributed by atoms with E-state index in [1.54, 1.807) is 6.26 Å². The molecule has 19 heavy (non-hydrogen) atoms. The van der Waals surface area contributed by atoms with E-state index in [1.165, 1.54) is 11.3 Å². The van der Waals surface area contributed by atoms with Crippen LogP contribution in [-0.4, -0.2) is 20.1 Å². The largest absolute Gasteiger partial charge is 0.469 e. The topological polar surface area (TPSA) is 28.4 Å². The van der Waals surface area contributed by atoms with Crippen molar-refractivity contribution >= 4 is 11.4 Å². The van der Waals surface area contributed by atoms with Gasteiger partial charge in [-0.15, -0.1) is 0 Å². The Labute approximate surface area is 115 Å². The Kier molecular flexibility index (Phi) is 4.15. The molecule has 1 N–H and O–H groups in total. The molecule has 0 spiro atoms. The van der Waals surface area contributed by atoms with Crippen LogP contribution in [-0.2, 0) is 6.42 Å². The van der Waals surface area contributed by atoms with Gasteiger partial charge >= 0.3 is 0 Å². The summed E-state index contributed by atoms with van der Waals surface area (Å²) in [7, 11) is 4.14. The Morgan fingerprint density at radius 2 is 2.05 bits per heavy atom. The Bertz CT molecular complexity index is 518. The van der Waals surface area contributed by atoms with Crippen LogP contribution < -0.4 is 10.2 Å². The Balaban J connectivity index is 2.04.